The average Bonchev–Trinajstić information content (AvgIpc) is 2.82. The first-order valence-corrected chi connectivity index (χ1v) is 7.62. The molecular formula is C11H19N3O5S. The maximum Gasteiger partial charge on any atom is 0.305 e. The van der Waals surface area contributed by atoms with E-state index in [1.807, 2.05) is 0 Å². The number of carbonyl (C=O) groups is 1. The molecule has 0 fully saturated rings. The Kier molecular flexibility index (Phi) is 5.66. The number of aromatic nitrogens is 2. The minimum Gasteiger partial charge on any atom is -0.481 e. The second-order valence-electron chi connectivity index (χ2n) is 4.74. The third-order valence-electron chi connectivity index (χ3n) is 2.78. The van der Waals surface area contributed by atoms with Gasteiger partial charge in [0.1, 0.15) is 4.90 Å². The summed E-state index contributed by atoms with van der Waals surface area (Å²) in [6, 6.07) is -0.581. The zero-order valence-corrected chi connectivity index (χ0v) is 12.2. The molecular weight excluding hydrogens is 286 g/mol. The molecule has 1 atom stereocenters. The van der Waals surface area contributed by atoms with Crippen molar-refractivity contribution in [2.45, 2.75) is 37.8 Å². The molecule has 0 aromatic carbocycles. The Hall–Kier alpha value is -1.45. The molecule has 1 heterocycles. The number of nitrogens with zero attached hydrogens (tertiary/aromatic N) is 2. The van der Waals surface area contributed by atoms with Crippen LogP contribution in [-0.4, -0.2) is 47.0 Å². The molecule has 8 nitrogen and oxygen atoms in total. The first-order chi connectivity index (χ1) is 9.26. The first kappa shape index (κ1) is 16.6. The largest absolute Gasteiger partial charge is 0.481 e. The summed E-state index contributed by atoms with van der Waals surface area (Å²) < 4.78 is 27.8. The Balaban J connectivity index is 2.80. The molecule has 114 valence electrons. The predicted octanol–water partition coefficient (Wildman–Crippen LogP) is -0.347. The van der Waals surface area contributed by atoms with E-state index in [1.165, 1.54) is 10.9 Å². The number of nitrogens with one attached hydrogen (secondary N) is 1. The minimum absolute atomic E-state index is 0.0537. The molecule has 0 bridgehead atoms. The lowest BCUT2D eigenvalue weighted by Gasteiger charge is -2.19. The van der Waals surface area contributed by atoms with Crippen LogP contribution in [0.15, 0.2) is 17.3 Å². The van der Waals surface area contributed by atoms with Crippen molar-refractivity contribution in [2.24, 2.45) is 5.92 Å². The fourth-order valence-electron chi connectivity index (χ4n) is 1.47. The third-order valence-corrected chi connectivity index (χ3v) is 4.23. The molecule has 1 aromatic rings. The van der Waals surface area contributed by atoms with Gasteiger partial charge in [0.05, 0.1) is 25.8 Å². The molecule has 0 saturated heterocycles. The fraction of sp³-hybridized carbons (Fsp3) is 0.636. The normalized spacial score (nSPS) is 13.6. The van der Waals surface area contributed by atoms with Gasteiger partial charge in [-0.15, -0.1) is 0 Å². The van der Waals surface area contributed by atoms with Gasteiger partial charge in [-0.1, -0.05) is 13.8 Å². The van der Waals surface area contributed by atoms with Crippen molar-refractivity contribution in [1.82, 2.24) is 14.5 Å². The maximum absolute atomic E-state index is 12.1. The van der Waals surface area contributed by atoms with Gasteiger partial charge in [-0.05, 0) is 5.92 Å². The van der Waals surface area contributed by atoms with Gasteiger partial charge in [0.2, 0.25) is 10.0 Å². The van der Waals surface area contributed by atoms with E-state index in [0.29, 0.717) is 0 Å². The predicted molar refractivity (Wildman–Crippen MR) is 70.5 cm³/mol. The summed E-state index contributed by atoms with van der Waals surface area (Å²) in [6.07, 6.45) is 2.28. The van der Waals surface area contributed by atoms with Gasteiger partial charge < -0.3 is 10.2 Å². The van der Waals surface area contributed by atoms with E-state index in [0.717, 1.165) is 6.20 Å². The highest BCUT2D eigenvalue weighted by Gasteiger charge is 2.23. The number of sulfonamides is 1. The monoisotopic (exact) mass is 305 g/mol. The molecule has 0 radical (unpaired) electrons. The smallest absolute Gasteiger partial charge is 0.305 e. The number of carboxylic acids is 1. The molecule has 0 amide bonds. The Bertz CT molecular complexity index is 552. The quantitative estimate of drug-likeness (QED) is 0.603. The number of aliphatic hydroxyl groups excluding tert-OH is 1. The molecule has 0 aliphatic rings. The topological polar surface area (TPSA) is 122 Å². The van der Waals surface area contributed by atoms with Gasteiger partial charge in [0.25, 0.3) is 0 Å². The van der Waals surface area contributed by atoms with Gasteiger partial charge in [0.15, 0.2) is 0 Å². The van der Waals surface area contributed by atoms with Crippen LogP contribution in [0, 0.1) is 5.92 Å². The summed E-state index contributed by atoms with van der Waals surface area (Å²) in [5.41, 5.74) is 0. The zero-order chi connectivity index (χ0) is 15.3. The van der Waals surface area contributed by atoms with Gasteiger partial charge in [-0.25, -0.2) is 13.1 Å². The summed E-state index contributed by atoms with van der Waals surface area (Å²) in [7, 11) is -3.78. The van der Waals surface area contributed by atoms with Crippen LogP contribution in [0.5, 0.6) is 0 Å². The molecule has 3 N–H and O–H groups in total. The van der Waals surface area contributed by atoms with Crippen LogP contribution in [0.4, 0.5) is 0 Å². The Morgan fingerprint density at radius 3 is 2.65 bits per heavy atom. The number of aliphatic carboxylic acids is 1. The van der Waals surface area contributed by atoms with Crippen molar-refractivity contribution in [1.29, 1.82) is 0 Å². The molecule has 1 unspecified atom stereocenters. The van der Waals surface area contributed by atoms with Crippen LogP contribution in [-0.2, 0) is 21.4 Å². The second-order valence-corrected chi connectivity index (χ2v) is 6.45. The number of rotatable bonds is 8. The van der Waals surface area contributed by atoms with Gasteiger partial charge in [-0.3, -0.25) is 9.48 Å². The standard InChI is InChI=1S/C11H19N3O5S/c1-8(2)10(7-15)13-20(18,19)9-5-12-14(6-9)4-3-11(16)17/h5-6,8,10,13,15H,3-4,7H2,1-2H3,(H,16,17). The lowest BCUT2D eigenvalue weighted by Crippen LogP contribution is -2.40. The summed E-state index contributed by atoms with van der Waals surface area (Å²) in [4.78, 5) is 10.4. The highest BCUT2D eigenvalue weighted by molar-refractivity contribution is 7.89. The van der Waals surface area contributed by atoms with Crippen LogP contribution in [0.25, 0.3) is 0 Å². The van der Waals surface area contributed by atoms with Crippen LogP contribution >= 0.6 is 0 Å². The summed E-state index contributed by atoms with van der Waals surface area (Å²) >= 11 is 0. The van der Waals surface area contributed by atoms with Crippen molar-refractivity contribution in [2.75, 3.05) is 6.61 Å². The van der Waals surface area contributed by atoms with Crippen LogP contribution in [0.1, 0.15) is 20.3 Å². The van der Waals surface area contributed by atoms with E-state index in [-0.39, 0.29) is 30.4 Å². The zero-order valence-electron chi connectivity index (χ0n) is 11.4. The average molecular weight is 305 g/mol. The molecule has 1 aromatic heterocycles. The number of hydrogen-bond acceptors (Lipinski definition) is 5. The van der Waals surface area contributed by atoms with Crippen molar-refractivity contribution in [3.63, 3.8) is 0 Å². The number of hydrogen-bond donors (Lipinski definition) is 3. The fourth-order valence-corrected chi connectivity index (χ4v) is 2.80. The van der Waals surface area contributed by atoms with Crippen LogP contribution < -0.4 is 4.72 Å². The number of aryl methyl sites for hydroxylation is 1. The molecule has 0 saturated carbocycles. The van der Waals surface area contributed by atoms with Crippen LogP contribution in [0.3, 0.4) is 0 Å². The SMILES string of the molecule is CC(C)C(CO)NS(=O)(=O)c1cnn(CCC(=O)O)c1. The van der Waals surface area contributed by atoms with E-state index in [1.54, 1.807) is 13.8 Å². The van der Waals surface area contributed by atoms with E-state index in [2.05, 4.69) is 9.82 Å². The highest BCUT2D eigenvalue weighted by atomic mass is 32.2. The van der Waals surface area contributed by atoms with Crippen LogP contribution in [0.2, 0.25) is 0 Å². The van der Waals surface area contributed by atoms with Gasteiger partial charge in [-0.2, -0.15) is 5.10 Å². The van der Waals surface area contributed by atoms with E-state index in [9.17, 15) is 13.2 Å². The summed E-state index contributed by atoms with van der Waals surface area (Å²) in [5.74, 6) is -1.04. The van der Waals surface area contributed by atoms with Crippen molar-refractivity contribution >= 4 is 16.0 Å². The van der Waals surface area contributed by atoms with E-state index < -0.39 is 22.0 Å². The molecule has 1 rings (SSSR count). The second kappa shape index (κ2) is 6.82. The minimum atomic E-state index is -3.78. The van der Waals surface area contributed by atoms with Crippen molar-refractivity contribution < 1.29 is 23.4 Å². The van der Waals surface area contributed by atoms with E-state index >= 15 is 0 Å². The van der Waals surface area contributed by atoms with Gasteiger partial charge in [0, 0.05) is 12.2 Å². The van der Waals surface area contributed by atoms with E-state index in [4.69, 9.17) is 10.2 Å². The first-order valence-electron chi connectivity index (χ1n) is 6.13. The molecule has 0 spiro atoms. The lowest BCUT2D eigenvalue weighted by atomic mass is 10.1. The highest BCUT2D eigenvalue weighted by Crippen LogP contribution is 2.11. The molecule has 0 aliphatic heterocycles. The summed E-state index contributed by atoms with van der Waals surface area (Å²) in [6.45, 7) is 3.38. The lowest BCUT2D eigenvalue weighted by molar-refractivity contribution is -0.137. The summed E-state index contributed by atoms with van der Waals surface area (Å²) in [5, 5.41) is 21.5. The maximum atomic E-state index is 12.1. The van der Waals surface area contributed by atoms with Crippen molar-refractivity contribution in [3.05, 3.63) is 12.4 Å². The number of aliphatic hydroxyl groups is 1. The Morgan fingerprint density at radius 2 is 2.15 bits per heavy atom. The Labute approximate surface area is 117 Å². The molecule has 20 heavy (non-hydrogen) atoms. The molecule has 9 heteroatoms. The van der Waals surface area contributed by atoms with Crippen molar-refractivity contribution in [3.8, 4) is 0 Å². The third kappa shape index (κ3) is 4.58. The van der Waals surface area contributed by atoms with Gasteiger partial charge >= 0.3 is 5.97 Å². The Morgan fingerprint density at radius 1 is 1.50 bits per heavy atom. The molecule has 0 aliphatic carbocycles. The number of carboxylic acid groups (broad SMARTS) is 1.